The molecule has 0 saturated heterocycles. The Hall–Kier alpha value is 0.250. The van der Waals surface area contributed by atoms with Crippen LogP contribution in [0.2, 0.25) is 0 Å². The summed E-state index contributed by atoms with van der Waals surface area (Å²) in [5.41, 5.74) is 0. The highest BCUT2D eigenvalue weighted by molar-refractivity contribution is 4.42. The van der Waals surface area contributed by atoms with Gasteiger partial charge in [0.15, 0.2) is 0 Å². The van der Waals surface area contributed by atoms with Crippen molar-refractivity contribution in [2.24, 2.45) is 0 Å². The maximum Gasteiger partial charge on any atom is 0.0768 e. The van der Waals surface area contributed by atoms with E-state index in [1.807, 2.05) is 0 Å². The van der Waals surface area contributed by atoms with Crippen molar-refractivity contribution in [2.75, 3.05) is 20.1 Å². The Bertz CT molecular complexity index is 117. The number of halogens is 1. The van der Waals surface area contributed by atoms with E-state index in [2.05, 4.69) is 20.9 Å². The monoisotopic (exact) mass is 249 g/mol. The zero-order valence-corrected chi connectivity index (χ0v) is 12.4. The van der Waals surface area contributed by atoms with Crippen molar-refractivity contribution in [3.8, 4) is 0 Å². The topological polar surface area (TPSA) is 4.44 Å². The minimum atomic E-state index is 0. The first-order valence-electron chi connectivity index (χ1n) is 7.12. The lowest BCUT2D eigenvalue weighted by Crippen LogP contribution is -3.09. The van der Waals surface area contributed by atoms with E-state index in [4.69, 9.17) is 0 Å². The van der Waals surface area contributed by atoms with Crippen molar-refractivity contribution in [1.82, 2.24) is 0 Å². The van der Waals surface area contributed by atoms with Gasteiger partial charge in [-0.15, -0.1) is 0 Å². The summed E-state index contributed by atoms with van der Waals surface area (Å²) in [5, 5.41) is 0. The molecule has 0 aromatic carbocycles. The summed E-state index contributed by atoms with van der Waals surface area (Å²) in [7, 11) is 2.35. The second-order valence-electron chi connectivity index (χ2n) is 4.93. The fraction of sp³-hybridized carbons (Fsp3) is 1.00. The van der Waals surface area contributed by atoms with E-state index in [1.165, 1.54) is 70.9 Å². The van der Waals surface area contributed by atoms with Crippen molar-refractivity contribution >= 4 is 0 Å². The largest absolute Gasteiger partial charge is 1.00 e. The summed E-state index contributed by atoms with van der Waals surface area (Å²) in [6.45, 7) is 7.33. The molecule has 0 aliphatic rings. The first-order chi connectivity index (χ1) is 7.31. The molecule has 0 bridgehead atoms. The highest BCUT2D eigenvalue weighted by Gasteiger charge is 2.00. The third-order valence-corrected chi connectivity index (χ3v) is 3.16. The number of quaternary nitrogens is 1. The normalized spacial score (nSPS) is 12.2. The summed E-state index contributed by atoms with van der Waals surface area (Å²) in [5.74, 6) is 0. The summed E-state index contributed by atoms with van der Waals surface area (Å²) in [6.07, 6.45) is 12.8. The summed E-state index contributed by atoms with van der Waals surface area (Å²) < 4.78 is 0. The smallest absolute Gasteiger partial charge is 0.0768 e. The van der Waals surface area contributed by atoms with Crippen LogP contribution >= 0.6 is 0 Å². The Labute approximate surface area is 109 Å². The molecule has 0 saturated carbocycles. The standard InChI is InChI=1S/C14H31N.ClH/c1-4-6-8-9-10-12-14-15(3)13-11-7-5-2;/h4-14H2,1-3H3;1H. The third-order valence-electron chi connectivity index (χ3n) is 3.16. The molecule has 0 aliphatic heterocycles. The van der Waals surface area contributed by atoms with E-state index < -0.39 is 0 Å². The minimum Gasteiger partial charge on any atom is -1.00 e. The Morgan fingerprint density at radius 3 is 1.56 bits per heavy atom. The number of rotatable bonds is 11. The van der Waals surface area contributed by atoms with Crippen LogP contribution in [0.1, 0.15) is 71.6 Å². The second-order valence-corrected chi connectivity index (χ2v) is 4.93. The summed E-state index contributed by atoms with van der Waals surface area (Å²) in [4.78, 5) is 1.74. The molecule has 0 amide bonds. The van der Waals surface area contributed by atoms with E-state index >= 15 is 0 Å². The molecule has 1 N–H and O–H groups in total. The Kier molecular flexibility index (Phi) is 17.7. The van der Waals surface area contributed by atoms with Gasteiger partial charge in [0.2, 0.25) is 0 Å². The van der Waals surface area contributed by atoms with Crippen LogP contribution in [0.25, 0.3) is 0 Å². The number of nitrogens with one attached hydrogen (secondary N) is 1. The highest BCUT2D eigenvalue weighted by atomic mass is 35.5. The second kappa shape index (κ2) is 15.2. The van der Waals surface area contributed by atoms with E-state index in [0.717, 1.165) is 0 Å². The average Bonchev–Trinajstić information content (AvgIpc) is 2.23. The van der Waals surface area contributed by atoms with Gasteiger partial charge in [0, 0.05) is 0 Å². The van der Waals surface area contributed by atoms with Gasteiger partial charge in [0.1, 0.15) is 0 Å². The van der Waals surface area contributed by atoms with E-state index in [0.29, 0.717) is 0 Å². The van der Waals surface area contributed by atoms with Gasteiger partial charge in [0.25, 0.3) is 0 Å². The fourth-order valence-electron chi connectivity index (χ4n) is 2.01. The molecule has 1 atom stereocenters. The molecule has 0 spiro atoms. The number of unbranched alkanes of at least 4 members (excludes halogenated alkanes) is 7. The molecular formula is C14H32ClN. The highest BCUT2D eigenvalue weighted by Crippen LogP contribution is 2.03. The first kappa shape index (κ1) is 18.6. The fourth-order valence-corrected chi connectivity index (χ4v) is 2.01. The maximum atomic E-state index is 2.35. The predicted molar refractivity (Wildman–Crippen MR) is 69.5 cm³/mol. The van der Waals surface area contributed by atoms with Crippen LogP contribution in [0.15, 0.2) is 0 Å². The Morgan fingerprint density at radius 2 is 1.00 bits per heavy atom. The lowest BCUT2D eigenvalue weighted by atomic mass is 10.1. The predicted octanol–water partition coefficient (Wildman–Crippen LogP) is 0.0558. The van der Waals surface area contributed by atoms with Crippen LogP contribution in [-0.4, -0.2) is 20.1 Å². The van der Waals surface area contributed by atoms with Gasteiger partial charge in [-0.1, -0.05) is 46.0 Å². The molecule has 16 heavy (non-hydrogen) atoms. The van der Waals surface area contributed by atoms with E-state index in [-0.39, 0.29) is 12.4 Å². The van der Waals surface area contributed by atoms with Gasteiger partial charge in [-0.25, -0.2) is 0 Å². The van der Waals surface area contributed by atoms with Crippen molar-refractivity contribution in [2.45, 2.75) is 71.6 Å². The summed E-state index contributed by atoms with van der Waals surface area (Å²) >= 11 is 0. The Balaban J connectivity index is 0. The summed E-state index contributed by atoms with van der Waals surface area (Å²) in [6, 6.07) is 0. The van der Waals surface area contributed by atoms with E-state index in [1.54, 1.807) is 4.90 Å². The molecular weight excluding hydrogens is 218 g/mol. The first-order valence-corrected chi connectivity index (χ1v) is 7.12. The van der Waals surface area contributed by atoms with Gasteiger partial charge < -0.3 is 17.3 Å². The molecule has 1 unspecified atom stereocenters. The van der Waals surface area contributed by atoms with Gasteiger partial charge in [-0.3, -0.25) is 0 Å². The van der Waals surface area contributed by atoms with Gasteiger partial charge in [0.05, 0.1) is 20.1 Å². The van der Waals surface area contributed by atoms with Crippen molar-refractivity contribution < 1.29 is 17.3 Å². The molecule has 0 radical (unpaired) electrons. The third kappa shape index (κ3) is 14.2. The molecule has 0 fully saturated rings. The van der Waals surface area contributed by atoms with Crippen molar-refractivity contribution in [1.29, 1.82) is 0 Å². The van der Waals surface area contributed by atoms with Crippen LogP contribution in [0, 0.1) is 0 Å². The SMILES string of the molecule is CCCCCCCC[NH+](C)CCCCC.[Cl-]. The molecule has 0 heterocycles. The zero-order valence-electron chi connectivity index (χ0n) is 11.7. The maximum absolute atomic E-state index is 2.35. The van der Waals surface area contributed by atoms with E-state index in [9.17, 15) is 0 Å². The van der Waals surface area contributed by atoms with Gasteiger partial charge in [-0.05, 0) is 25.7 Å². The van der Waals surface area contributed by atoms with Crippen LogP contribution in [0.3, 0.4) is 0 Å². The average molecular weight is 250 g/mol. The Morgan fingerprint density at radius 1 is 0.625 bits per heavy atom. The molecule has 0 rings (SSSR count). The number of hydrogen-bond donors (Lipinski definition) is 1. The van der Waals surface area contributed by atoms with Crippen LogP contribution < -0.4 is 17.3 Å². The minimum absolute atomic E-state index is 0. The quantitative estimate of drug-likeness (QED) is 0.494. The van der Waals surface area contributed by atoms with Crippen LogP contribution in [-0.2, 0) is 0 Å². The molecule has 0 aromatic rings. The molecule has 100 valence electrons. The zero-order chi connectivity index (χ0) is 11.4. The lowest BCUT2D eigenvalue weighted by molar-refractivity contribution is -0.880. The van der Waals surface area contributed by atoms with Crippen molar-refractivity contribution in [3.05, 3.63) is 0 Å². The molecule has 1 nitrogen and oxygen atoms in total. The van der Waals surface area contributed by atoms with Gasteiger partial charge >= 0.3 is 0 Å². The number of hydrogen-bond acceptors (Lipinski definition) is 0. The lowest BCUT2D eigenvalue weighted by Gasteiger charge is -2.13. The molecule has 0 aromatic heterocycles. The van der Waals surface area contributed by atoms with Crippen LogP contribution in [0.5, 0.6) is 0 Å². The molecule has 2 heteroatoms. The van der Waals surface area contributed by atoms with Crippen LogP contribution in [0.4, 0.5) is 0 Å². The van der Waals surface area contributed by atoms with Crippen molar-refractivity contribution in [3.63, 3.8) is 0 Å². The van der Waals surface area contributed by atoms with Gasteiger partial charge in [-0.2, -0.15) is 0 Å². The molecule has 0 aliphatic carbocycles.